The molecule has 2 heterocycles. The van der Waals surface area contributed by atoms with Crippen LogP contribution in [0.2, 0.25) is 0 Å². The molecule has 5 heteroatoms. The smallest absolute Gasteiger partial charge is 0.226 e. The Labute approximate surface area is 97.5 Å². The van der Waals surface area contributed by atoms with Crippen LogP contribution in [0, 0.1) is 0 Å². The van der Waals surface area contributed by atoms with Crippen LogP contribution in [0.25, 0.3) is 0 Å². The summed E-state index contributed by atoms with van der Waals surface area (Å²) < 4.78 is 0. The minimum atomic E-state index is -0.0513. The Morgan fingerprint density at radius 1 is 1.41 bits per heavy atom. The summed E-state index contributed by atoms with van der Waals surface area (Å²) in [7, 11) is 0. The lowest BCUT2D eigenvalue weighted by molar-refractivity contribution is -0.116. The van der Waals surface area contributed by atoms with Gasteiger partial charge in [-0.15, -0.1) is 0 Å². The molecule has 2 aromatic rings. The first-order chi connectivity index (χ1) is 8.24. The van der Waals surface area contributed by atoms with Crippen LogP contribution in [0.3, 0.4) is 0 Å². The highest BCUT2D eigenvalue weighted by atomic mass is 16.3. The van der Waals surface area contributed by atoms with Crippen LogP contribution >= 0.6 is 0 Å². The molecule has 5 nitrogen and oxygen atoms in total. The molecule has 1 amide bonds. The lowest BCUT2D eigenvalue weighted by Gasteiger charge is -2.22. The van der Waals surface area contributed by atoms with Crippen molar-refractivity contribution >= 4 is 11.7 Å². The molecule has 86 valence electrons. The molecule has 0 saturated carbocycles. The number of hydrogen-bond acceptors (Lipinski definition) is 3. The number of nitrogens with zero attached hydrogens (tertiary/aromatic N) is 1. The third-order valence-corrected chi connectivity index (χ3v) is 2.97. The molecule has 1 aromatic carbocycles. The summed E-state index contributed by atoms with van der Waals surface area (Å²) >= 11 is 0. The number of benzene rings is 1. The van der Waals surface area contributed by atoms with Crippen LogP contribution in [0.5, 0.6) is 5.75 Å². The fourth-order valence-corrected chi connectivity index (χ4v) is 2.18. The SMILES string of the molecule is O=C1C[C@@H](c2cccc(O)c2)c2cn[nH]c2N1. The Morgan fingerprint density at radius 3 is 3.12 bits per heavy atom. The maximum absolute atomic E-state index is 11.6. The number of aromatic amines is 1. The van der Waals surface area contributed by atoms with Gasteiger partial charge in [0.05, 0.1) is 6.20 Å². The van der Waals surface area contributed by atoms with E-state index in [-0.39, 0.29) is 17.6 Å². The predicted molar refractivity (Wildman–Crippen MR) is 61.8 cm³/mol. The molecule has 0 spiro atoms. The molecule has 17 heavy (non-hydrogen) atoms. The molecule has 0 saturated heterocycles. The quantitative estimate of drug-likeness (QED) is 0.694. The summed E-state index contributed by atoms with van der Waals surface area (Å²) in [6.45, 7) is 0. The molecule has 0 aliphatic carbocycles. The largest absolute Gasteiger partial charge is 0.508 e. The summed E-state index contributed by atoms with van der Waals surface area (Å²) in [5.41, 5.74) is 1.87. The fourth-order valence-electron chi connectivity index (χ4n) is 2.18. The molecule has 1 aromatic heterocycles. The lowest BCUT2D eigenvalue weighted by Crippen LogP contribution is -2.22. The van der Waals surface area contributed by atoms with Gasteiger partial charge in [0.25, 0.3) is 0 Å². The molecule has 0 unspecified atom stereocenters. The van der Waals surface area contributed by atoms with Gasteiger partial charge < -0.3 is 10.4 Å². The number of phenolic OH excluding ortho intramolecular Hbond substituents is 1. The first-order valence-electron chi connectivity index (χ1n) is 5.36. The second-order valence-corrected chi connectivity index (χ2v) is 4.10. The van der Waals surface area contributed by atoms with E-state index >= 15 is 0 Å². The van der Waals surface area contributed by atoms with E-state index in [1.807, 2.05) is 6.07 Å². The van der Waals surface area contributed by atoms with Gasteiger partial charge >= 0.3 is 0 Å². The average molecular weight is 229 g/mol. The number of rotatable bonds is 1. The monoisotopic (exact) mass is 229 g/mol. The minimum Gasteiger partial charge on any atom is -0.508 e. The highest BCUT2D eigenvalue weighted by Crippen LogP contribution is 2.36. The number of amides is 1. The first-order valence-corrected chi connectivity index (χ1v) is 5.36. The van der Waals surface area contributed by atoms with Gasteiger partial charge in [0.1, 0.15) is 11.6 Å². The Hall–Kier alpha value is -2.30. The van der Waals surface area contributed by atoms with Gasteiger partial charge in [0, 0.05) is 17.9 Å². The van der Waals surface area contributed by atoms with E-state index < -0.39 is 0 Å². The topological polar surface area (TPSA) is 78.0 Å². The normalized spacial score (nSPS) is 18.6. The third kappa shape index (κ3) is 1.65. The van der Waals surface area contributed by atoms with Crippen molar-refractivity contribution in [2.45, 2.75) is 12.3 Å². The highest BCUT2D eigenvalue weighted by molar-refractivity contribution is 5.94. The molecule has 1 atom stereocenters. The van der Waals surface area contributed by atoms with E-state index in [1.165, 1.54) is 0 Å². The third-order valence-electron chi connectivity index (χ3n) is 2.97. The van der Waals surface area contributed by atoms with Gasteiger partial charge in [-0.25, -0.2) is 0 Å². The van der Waals surface area contributed by atoms with E-state index in [0.29, 0.717) is 12.2 Å². The van der Waals surface area contributed by atoms with Gasteiger partial charge in [-0.3, -0.25) is 9.89 Å². The van der Waals surface area contributed by atoms with Gasteiger partial charge in [0.2, 0.25) is 5.91 Å². The number of carbonyl (C=O) groups is 1. The first kappa shape index (κ1) is 9.89. The van der Waals surface area contributed by atoms with Crippen LogP contribution in [0.15, 0.2) is 30.5 Å². The van der Waals surface area contributed by atoms with E-state index in [0.717, 1.165) is 11.1 Å². The van der Waals surface area contributed by atoms with Crippen molar-refractivity contribution in [3.05, 3.63) is 41.6 Å². The minimum absolute atomic E-state index is 0.0462. The van der Waals surface area contributed by atoms with Crippen molar-refractivity contribution in [3.63, 3.8) is 0 Å². The van der Waals surface area contributed by atoms with E-state index in [9.17, 15) is 9.90 Å². The standard InChI is InChI=1S/C12H11N3O2/c16-8-3-1-2-7(4-8)9-5-11(17)14-12-10(9)6-13-15-12/h1-4,6,9,16H,5H2,(H2,13,14,15,17)/t9-/m0/s1. The summed E-state index contributed by atoms with van der Waals surface area (Å²) in [6, 6.07) is 6.97. The average Bonchev–Trinajstić information content (AvgIpc) is 2.75. The van der Waals surface area contributed by atoms with E-state index in [4.69, 9.17) is 0 Å². The molecule has 0 fully saturated rings. The number of phenols is 1. The number of hydrogen-bond donors (Lipinski definition) is 3. The lowest BCUT2D eigenvalue weighted by atomic mass is 9.87. The fraction of sp³-hybridized carbons (Fsp3) is 0.167. The number of fused-ring (bicyclic) bond motifs is 1. The molecular weight excluding hydrogens is 218 g/mol. The predicted octanol–water partition coefficient (Wildman–Crippen LogP) is 1.59. The Balaban J connectivity index is 2.08. The van der Waals surface area contributed by atoms with Crippen molar-refractivity contribution in [1.82, 2.24) is 10.2 Å². The Morgan fingerprint density at radius 2 is 2.29 bits per heavy atom. The zero-order valence-electron chi connectivity index (χ0n) is 8.97. The highest BCUT2D eigenvalue weighted by Gasteiger charge is 2.27. The zero-order valence-corrected chi connectivity index (χ0v) is 8.97. The number of anilines is 1. The van der Waals surface area contributed by atoms with Crippen molar-refractivity contribution in [3.8, 4) is 5.75 Å². The molecule has 0 radical (unpaired) electrons. The molecule has 1 aliphatic rings. The van der Waals surface area contributed by atoms with Crippen molar-refractivity contribution in [2.75, 3.05) is 5.32 Å². The molecule has 3 N–H and O–H groups in total. The number of H-pyrrole nitrogens is 1. The van der Waals surface area contributed by atoms with Crippen LogP contribution in [0.1, 0.15) is 23.5 Å². The zero-order chi connectivity index (χ0) is 11.8. The van der Waals surface area contributed by atoms with Gasteiger partial charge in [-0.05, 0) is 17.7 Å². The number of carbonyl (C=O) groups excluding carboxylic acids is 1. The number of aromatic hydroxyl groups is 1. The molecular formula is C12H11N3O2. The van der Waals surface area contributed by atoms with Crippen LogP contribution in [-0.2, 0) is 4.79 Å². The maximum Gasteiger partial charge on any atom is 0.226 e. The molecule has 3 rings (SSSR count). The van der Waals surface area contributed by atoms with Crippen LogP contribution < -0.4 is 5.32 Å². The second-order valence-electron chi connectivity index (χ2n) is 4.10. The second kappa shape index (κ2) is 3.62. The Bertz CT molecular complexity index is 577. The molecule has 1 aliphatic heterocycles. The summed E-state index contributed by atoms with van der Waals surface area (Å²) in [5.74, 6) is 0.757. The summed E-state index contributed by atoms with van der Waals surface area (Å²) in [6.07, 6.45) is 2.08. The van der Waals surface area contributed by atoms with Crippen molar-refractivity contribution in [2.24, 2.45) is 0 Å². The van der Waals surface area contributed by atoms with Gasteiger partial charge in [-0.2, -0.15) is 5.10 Å². The van der Waals surface area contributed by atoms with E-state index in [1.54, 1.807) is 24.4 Å². The summed E-state index contributed by atoms with van der Waals surface area (Å²) in [5, 5.41) is 18.9. The van der Waals surface area contributed by atoms with Gasteiger partial charge in [-0.1, -0.05) is 12.1 Å². The maximum atomic E-state index is 11.6. The summed E-state index contributed by atoms with van der Waals surface area (Å²) in [4.78, 5) is 11.6. The Kier molecular flexibility index (Phi) is 2.11. The van der Waals surface area contributed by atoms with Crippen molar-refractivity contribution in [1.29, 1.82) is 0 Å². The number of aromatic nitrogens is 2. The number of nitrogens with one attached hydrogen (secondary N) is 2. The van der Waals surface area contributed by atoms with Crippen LogP contribution in [-0.4, -0.2) is 21.2 Å². The molecule has 0 bridgehead atoms. The van der Waals surface area contributed by atoms with Crippen molar-refractivity contribution < 1.29 is 9.90 Å². The van der Waals surface area contributed by atoms with Gasteiger partial charge in [0.15, 0.2) is 0 Å². The van der Waals surface area contributed by atoms with E-state index in [2.05, 4.69) is 15.5 Å². The van der Waals surface area contributed by atoms with Crippen LogP contribution in [0.4, 0.5) is 5.82 Å².